The Balaban J connectivity index is 1.15. The van der Waals surface area contributed by atoms with Crippen molar-refractivity contribution in [3.8, 4) is 11.5 Å². The Morgan fingerprint density at radius 2 is 1.87 bits per heavy atom. The molecule has 5 rings (SSSR count). The first kappa shape index (κ1) is 19.2. The highest BCUT2D eigenvalue weighted by molar-refractivity contribution is 5.92. The number of imidazole rings is 1. The second-order valence-corrected chi connectivity index (χ2v) is 7.64. The molecule has 2 aromatic carbocycles. The van der Waals surface area contributed by atoms with Crippen molar-refractivity contribution < 1.29 is 14.3 Å². The average Bonchev–Trinajstić information content (AvgIpc) is 3.42. The summed E-state index contributed by atoms with van der Waals surface area (Å²) in [7, 11) is 0. The van der Waals surface area contributed by atoms with Gasteiger partial charge in [-0.05, 0) is 66.8 Å². The molecule has 0 bridgehead atoms. The highest BCUT2D eigenvalue weighted by Crippen LogP contribution is 2.26. The molecule has 156 valence electrons. The van der Waals surface area contributed by atoms with E-state index in [1.165, 1.54) is 17.5 Å². The first-order valence-corrected chi connectivity index (χ1v) is 10.4. The van der Waals surface area contributed by atoms with Crippen molar-refractivity contribution >= 4 is 17.2 Å². The van der Waals surface area contributed by atoms with Crippen LogP contribution in [-0.4, -0.2) is 21.9 Å². The normalized spacial score (nSPS) is 12.5. The number of rotatable bonds is 7. The fourth-order valence-corrected chi connectivity index (χ4v) is 3.86. The van der Waals surface area contributed by atoms with Gasteiger partial charge in [0.25, 0.3) is 5.91 Å². The summed E-state index contributed by atoms with van der Waals surface area (Å²) >= 11 is 0. The summed E-state index contributed by atoms with van der Waals surface area (Å²) in [6, 6.07) is 19.3. The van der Waals surface area contributed by atoms with Crippen LogP contribution in [0.25, 0.3) is 5.65 Å². The Bertz CT molecular complexity index is 1200. The van der Waals surface area contributed by atoms with Crippen molar-refractivity contribution in [2.45, 2.75) is 25.9 Å². The molecule has 1 N–H and O–H groups in total. The first-order chi connectivity index (χ1) is 15.2. The first-order valence-electron chi connectivity index (χ1n) is 10.4. The number of ether oxygens (including phenoxy) is 2. The maximum Gasteiger partial charge on any atom is 0.262 e. The zero-order valence-electron chi connectivity index (χ0n) is 17.1. The maximum absolute atomic E-state index is 12.3. The number of anilines is 1. The number of fused-ring (bicyclic) bond motifs is 2. The highest BCUT2D eigenvalue weighted by Gasteiger charge is 2.12. The molecular formula is C25H23N3O3. The monoisotopic (exact) mass is 413 g/mol. The van der Waals surface area contributed by atoms with Gasteiger partial charge in [-0.25, -0.2) is 4.98 Å². The van der Waals surface area contributed by atoms with E-state index in [2.05, 4.69) is 16.4 Å². The third-order valence-electron chi connectivity index (χ3n) is 5.36. The Morgan fingerprint density at radius 3 is 2.81 bits per heavy atom. The van der Waals surface area contributed by atoms with Gasteiger partial charge in [-0.15, -0.1) is 0 Å². The van der Waals surface area contributed by atoms with Crippen LogP contribution in [0.15, 0.2) is 73.1 Å². The summed E-state index contributed by atoms with van der Waals surface area (Å²) < 4.78 is 13.5. The lowest BCUT2D eigenvalue weighted by atomic mass is 10.1. The molecule has 0 saturated carbocycles. The number of hydrogen-bond donors (Lipinski definition) is 1. The summed E-state index contributed by atoms with van der Waals surface area (Å²) in [4.78, 5) is 16.8. The summed E-state index contributed by atoms with van der Waals surface area (Å²) in [5, 5.41) is 2.86. The standard InChI is InChI=1S/C25H23N3O3/c29-25(17-31-23-11-10-18-5-3-6-19(18)13-23)27-20-7-4-8-22(14-20)30-16-21-15-28-12-2-1-9-24(28)26-21/h1-2,4,7-15H,3,5-6,16-17H2,(H,27,29). The van der Waals surface area contributed by atoms with E-state index in [1.807, 2.05) is 65.3 Å². The number of nitrogens with one attached hydrogen (secondary N) is 1. The van der Waals surface area contributed by atoms with E-state index in [9.17, 15) is 4.79 Å². The number of aromatic nitrogens is 2. The Hall–Kier alpha value is -3.80. The van der Waals surface area contributed by atoms with Crippen molar-refractivity contribution in [2.75, 3.05) is 11.9 Å². The van der Waals surface area contributed by atoms with Crippen LogP contribution in [0.4, 0.5) is 5.69 Å². The van der Waals surface area contributed by atoms with Crippen LogP contribution < -0.4 is 14.8 Å². The van der Waals surface area contributed by atoms with Crippen LogP contribution in [0, 0.1) is 0 Å². The van der Waals surface area contributed by atoms with Gasteiger partial charge in [-0.3, -0.25) is 4.79 Å². The Labute approximate surface area is 180 Å². The van der Waals surface area contributed by atoms with E-state index in [0.29, 0.717) is 18.0 Å². The van der Waals surface area contributed by atoms with Gasteiger partial charge in [0.05, 0.1) is 5.69 Å². The van der Waals surface area contributed by atoms with Crippen molar-refractivity contribution in [1.82, 2.24) is 9.38 Å². The van der Waals surface area contributed by atoms with Gasteiger partial charge in [0, 0.05) is 24.1 Å². The second-order valence-electron chi connectivity index (χ2n) is 7.64. The van der Waals surface area contributed by atoms with Gasteiger partial charge in [0.1, 0.15) is 23.8 Å². The van der Waals surface area contributed by atoms with Gasteiger partial charge in [0.15, 0.2) is 6.61 Å². The number of nitrogens with zero attached hydrogens (tertiary/aromatic N) is 2. The maximum atomic E-state index is 12.3. The number of hydrogen-bond acceptors (Lipinski definition) is 4. The zero-order valence-corrected chi connectivity index (χ0v) is 17.1. The van der Waals surface area contributed by atoms with Crippen LogP contribution >= 0.6 is 0 Å². The lowest BCUT2D eigenvalue weighted by Gasteiger charge is -2.10. The molecule has 2 heterocycles. The molecule has 6 nitrogen and oxygen atoms in total. The molecule has 4 aromatic rings. The third-order valence-corrected chi connectivity index (χ3v) is 5.36. The fourth-order valence-electron chi connectivity index (χ4n) is 3.86. The van der Waals surface area contributed by atoms with Crippen molar-refractivity contribution in [1.29, 1.82) is 0 Å². The molecule has 1 aliphatic rings. The van der Waals surface area contributed by atoms with Crippen LogP contribution in [-0.2, 0) is 24.2 Å². The van der Waals surface area contributed by atoms with Crippen LogP contribution in [0.1, 0.15) is 23.2 Å². The van der Waals surface area contributed by atoms with Gasteiger partial charge >= 0.3 is 0 Å². The zero-order chi connectivity index (χ0) is 21.0. The van der Waals surface area contributed by atoms with E-state index in [4.69, 9.17) is 9.47 Å². The molecule has 0 fully saturated rings. The molecule has 1 amide bonds. The molecule has 0 spiro atoms. The van der Waals surface area contributed by atoms with Gasteiger partial charge in [-0.1, -0.05) is 18.2 Å². The minimum Gasteiger partial charge on any atom is -0.487 e. The number of aryl methyl sites for hydroxylation is 2. The van der Waals surface area contributed by atoms with Crippen molar-refractivity contribution in [2.24, 2.45) is 0 Å². The van der Waals surface area contributed by atoms with E-state index < -0.39 is 0 Å². The predicted molar refractivity (Wildman–Crippen MR) is 119 cm³/mol. The fraction of sp³-hybridized carbons (Fsp3) is 0.200. The third kappa shape index (κ3) is 4.53. The highest BCUT2D eigenvalue weighted by atomic mass is 16.5. The molecule has 31 heavy (non-hydrogen) atoms. The molecule has 2 aromatic heterocycles. The number of amides is 1. The summed E-state index contributed by atoms with van der Waals surface area (Å²) in [6.45, 7) is 0.311. The summed E-state index contributed by atoms with van der Waals surface area (Å²) in [5.74, 6) is 1.19. The van der Waals surface area contributed by atoms with E-state index >= 15 is 0 Å². The lowest BCUT2D eigenvalue weighted by molar-refractivity contribution is -0.118. The van der Waals surface area contributed by atoms with Crippen LogP contribution in [0.2, 0.25) is 0 Å². The molecule has 6 heteroatoms. The molecule has 0 saturated heterocycles. The molecule has 0 radical (unpaired) electrons. The molecule has 0 unspecified atom stereocenters. The largest absolute Gasteiger partial charge is 0.487 e. The number of benzene rings is 2. The number of pyridine rings is 1. The molecule has 0 atom stereocenters. The van der Waals surface area contributed by atoms with Gasteiger partial charge in [-0.2, -0.15) is 0 Å². The summed E-state index contributed by atoms with van der Waals surface area (Å²) in [6.07, 6.45) is 7.30. The molecular weight excluding hydrogens is 390 g/mol. The van der Waals surface area contributed by atoms with Gasteiger partial charge in [0.2, 0.25) is 0 Å². The average molecular weight is 413 g/mol. The minimum atomic E-state index is -0.210. The second kappa shape index (κ2) is 8.52. The van der Waals surface area contributed by atoms with E-state index in [0.717, 1.165) is 29.9 Å². The quantitative estimate of drug-likeness (QED) is 0.487. The smallest absolute Gasteiger partial charge is 0.262 e. The van der Waals surface area contributed by atoms with E-state index in [1.54, 1.807) is 6.07 Å². The van der Waals surface area contributed by atoms with Crippen molar-refractivity contribution in [3.05, 3.63) is 89.9 Å². The Morgan fingerprint density at radius 1 is 0.968 bits per heavy atom. The minimum absolute atomic E-state index is 0.0366. The molecule has 1 aliphatic carbocycles. The summed E-state index contributed by atoms with van der Waals surface area (Å²) in [5.41, 5.74) is 5.09. The van der Waals surface area contributed by atoms with Crippen LogP contribution in [0.5, 0.6) is 11.5 Å². The topological polar surface area (TPSA) is 64.9 Å². The SMILES string of the molecule is O=C(COc1ccc2c(c1)CCC2)Nc1cccc(OCc2cn3ccccc3n2)c1. The predicted octanol–water partition coefficient (Wildman–Crippen LogP) is 4.42. The molecule has 0 aliphatic heterocycles. The van der Waals surface area contributed by atoms with Gasteiger partial charge < -0.3 is 19.2 Å². The Kier molecular flexibility index (Phi) is 5.27. The number of carbonyl (C=O) groups is 1. The van der Waals surface area contributed by atoms with Crippen LogP contribution in [0.3, 0.4) is 0 Å². The number of carbonyl (C=O) groups excluding carboxylic acids is 1. The van der Waals surface area contributed by atoms with E-state index in [-0.39, 0.29) is 12.5 Å². The lowest BCUT2D eigenvalue weighted by Crippen LogP contribution is -2.20. The van der Waals surface area contributed by atoms with Crippen molar-refractivity contribution in [3.63, 3.8) is 0 Å².